The minimum absolute atomic E-state index is 0.0236. The second-order valence-corrected chi connectivity index (χ2v) is 10.0. The van der Waals surface area contributed by atoms with Gasteiger partial charge in [-0.3, -0.25) is 10.1 Å². The Morgan fingerprint density at radius 3 is 2.32 bits per heavy atom. The fourth-order valence-corrected chi connectivity index (χ4v) is 5.90. The highest BCUT2D eigenvalue weighted by atomic mass is 16.5. The molecule has 0 bridgehead atoms. The minimum Gasteiger partial charge on any atom is -0.448 e. The number of nitrogens with zero attached hydrogens (tertiary/aromatic N) is 1. The van der Waals surface area contributed by atoms with E-state index in [1.165, 1.54) is 11.1 Å². The van der Waals surface area contributed by atoms with Crippen LogP contribution in [-0.2, 0) is 9.47 Å². The molecule has 2 N–H and O–H groups in total. The number of amides is 2. The summed E-state index contributed by atoms with van der Waals surface area (Å²) in [7, 11) is 0. The Labute approximate surface area is 216 Å². The molecule has 0 aromatic heterocycles. The van der Waals surface area contributed by atoms with Crippen molar-refractivity contribution in [2.45, 2.75) is 24.4 Å². The lowest BCUT2D eigenvalue weighted by atomic mass is 9.90. The molecular weight excluding hydrogens is 466 g/mol. The first-order chi connectivity index (χ1) is 18.1. The van der Waals surface area contributed by atoms with Crippen LogP contribution in [0.2, 0.25) is 0 Å². The molecule has 2 saturated heterocycles. The molecule has 7 heteroatoms. The molecule has 7 nitrogen and oxygen atoms in total. The first-order valence-electron chi connectivity index (χ1n) is 13.0. The van der Waals surface area contributed by atoms with E-state index in [0.29, 0.717) is 30.9 Å². The number of anilines is 1. The molecule has 0 saturated carbocycles. The summed E-state index contributed by atoms with van der Waals surface area (Å²) >= 11 is 0. The highest BCUT2D eigenvalue weighted by molar-refractivity contribution is 6.02. The molecule has 2 heterocycles. The van der Waals surface area contributed by atoms with E-state index < -0.39 is 6.09 Å². The number of hydrogen-bond donors (Lipinski definition) is 2. The molecular formula is C30H31N3O4. The van der Waals surface area contributed by atoms with Gasteiger partial charge in [0, 0.05) is 12.5 Å². The first-order valence-corrected chi connectivity index (χ1v) is 13.0. The number of morpholine rings is 1. The summed E-state index contributed by atoms with van der Waals surface area (Å²) in [5, 5.41) is 6.18. The van der Waals surface area contributed by atoms with Crippen LogP contribution >= 0.6 is 0 Å². The average molecular weight is 498 g/mol. The molecule has 2 amide bonds. The number of carbonyl (C=O) groups excluding carboxylic acids is 2. The average Bonchev–Trinajstić information content (AvgIpc) is 3.26. The Kier molecular flexibility index (Phi) is 6.40. The lowest BCUT2D eigenvalue weighted by molar-refractivity contribution is -0.114. The van der Waals surface area contributed by atoms with Crippen molar-refractivity contribution < 1.29 is 19.1 Å². The third kappa shape index (κ3) is 4.61. The number of rotatable bonds is 4. The number of piperidine rings is 1. The van der Waals surface area contributed by atoms with Crippen molar-refractivity contribution in [2.24, 2.45) is 0 Å². The molecule has 0 atom stereocenters. The van der Waals surface area contributed by atoms with E-state index in [1.54, 1.807) is 12.1 Å². The van der Waals surface area contributed by atoms with E-state index in [4.69, 9.17) is 9.47 Å². The van der Waals surface area contributed by atoms with Gasteiger partial charge in [0.05, 0.1) is 30.0 Å². The van der Waals surface area contributed by atoms with Gasteiger partial charge in [-0.2, -0.15) is 0 Å². The van der Waals surface area contributed by atoms with Crippen molar-refractivity contribution in [3.63, 3.8) is 0 Å². The number of para-hydroxylation sites is 1. The SMILES string of the molecule is O=C(Nc1ccccc1C(=O)N1CCOC2(CCNCC2)C1)OCC1c2ccccc2-c2ccccc21. The van der Waals surface area contributed by atoms with Crippen LogP contribution in [0.25, 0.3) is 11.1 Å². The Balaban J connectivity index is 1.14. The second-order valence-electron chi connectivity index (χ2n) is 10.0. The Hall–Kier alpha value is -3.68. The fraction of sp³-hybridized carbons (Fsp3) is 0.333. The lowest BCUT2D eigenvalue weighted by Crippen LogP contribution is -2.57. The molecule has 1 spiro atoms. The zero-order chi connectivity index (χ0) is 25.2. The van der Waals surface area contributed by atoms with Gasteiger partial charge in [-0.15, -0.1) is 0 Å². The smallest absolute Gasteiger partial charge is 0.411 e. The fourth-order valence-electron chi connectivity index (χ4n) is 5.90. The van der Waals surface area contributed by atoms with Gasteiger partial charge in [-0.1, -0.05) is 60.7 Å². The van der Waals surface area contributed by atoms with Crippen LogP contribution in [0.3, 0.4) is 0 Å². The zero-order valence-electron chi connectivity index (χ0n) is 20.7. The quantitative estimate of drug-likeness (QED) is 0.549. The Bertz CT molecular complexity index is 1270. The van der Waals surface area contributed by atoms with Crippen LogP contribution in [0.15, 0.2) is 72.8 Å². The summed E-state index contributed by atoms with van der Waals surface area (Å²) in [5.41, 5.74) is 5.31. The summed E-state index contributed by atoms with van der Waals surface area (Å²) in [4.78, 5) is 28.3. The number of benzene rings is 3. The molecule has 37 heavy (non-hydrogen) atoms. The summed E-state index contributed by atoms with van der Waals surface area (Å²) in [6, 6.07) is 23.6. The van der Waals surface area contributed by atoms with Crippen LogP contribution in [0, 0.1) is 0 Å². The van der Waals surface area contributed by atoms with Crippen LogP contribution in [0.1, 0.15) is 40.2 Å². The Morgan fingerprint density at radius 1 is 0.946 bits per heavy atom. The second kappa shape index (κ2) is 10.00. The van der Waals surface area contributed by atoms with Crippen molar-refractivity contribution in [1.82, 2.24) is 10.2 Å². The van der Waals surface area contributed by atoms with E-state index in [-0.39, 0.29) is 24.0 Å². The number of fused-ring (bicyclic) bond motifs is 3. The summed E-state index contributed by atoms with van der Waals surface area (Å²) < 4.78 is 11.8. The van der Waals surface area contributed by atoms with Crippen molar-refractivity contribution >= 4 is 17.7 Å². The minimum atomic E-state index is -0.570. The van der Waals surface area contributed by atoms with Crippen LogP contribution in [0.4, 0.5) is 10.5 Å². The van der Waals surface area contributed by atoms with Gasteiger partial charge in [0.25, 0.3) is 5.91 Å². The van der Waals surface area contributed by atoms with E-state index in [9.17, 15) is 9.59 Å². The molecule has 0 radical (unpaired) electrons. The highest BCUT2D eigenvalue weighted by Crippen LogP contribution is 2.44. The van der Waals surface area contributed by atoms with Crippen molar-refractivity contribution in [1.29, 1.82) is 0 Å². The summed E-state index contributed by atoms with van der Waals surface area (Å²) in [5.74, 6) is -0.125. The molecule has 3 aromatic rings. The molecule has 2 fully saturated rings. The van der Waals surface area contributed by atoms with Gasteiger partial charge >= 0.3 is 6.09 Å². The standard InChI is InChI=1S/C30H31N3O4/c34-28(33-17-18-37-30(20-33)13-15-31-16-14-30)25-11-5-6-12-27(25)32-29(35)36-19-26-23-9-3-1-7-21(23)22-8-2-4-10-24(22)26/h1-12,26,31H,13-20H2,(H,32,35). The summed E-state index contributed by atoms with van der Waals surface area (Å²) in [6.07, 6.45) is 1.20. The third-order valence-corrected chi connectivity index (χ3v) is 7.79. The maximum absolute atomic E-state index is 13.5. The molecule has 2 aliphatic heterocycles. The van der Waals surface area contributed by atoms with Gasteiger partial charge < -0.3 is 19.7 Å². The van der Waals surface area contributed by atoms with Crippen molar-refractivity contribution in [3.8, 4) is 11.1 Å². The van der Waals surface area contributed by atoms with Crippen molar-refractivity contribution in [3.05, 3.63) is 89.5 Å². The summed E-state index contributed by atoms with van der Waals surface area (Å²) in [6.45, 7) is 3.62. The molecule has 190 valence electrons. The number of hydrogen-bond acceptors (Lipinski definition) is 5. The monoisotopic (exact) mass is 497 g/mol. The van der Waals surface area contributed by atoms with Crippen molar-refractivity contribution in [2.75, 3.05) is 44.7 Å². The zero-order valence-corrected chi connectivity index (χ0v) is 20.7. The molecule has 6 rings (SSSR count). The van der Waals surface area contributed by atoms with E-state index in [2.05, 4.69) is 34.9 Å². The number of nitrogens with one attached hydrogen (secondary N) is 2. The maximum atomic E-state index is 13.5. The predicted molar refractivity (Wildman–Crippen MR) is 142 cm³/mol. The lowest BCUT2D eigenvalue weighted by Gasteiger charge is -2.45. The normalized spacial score (nSPS) is 18.2. The third-order valence-electron chi connectivity index (χ3n) is 7.79. The van der Waals surface area contributed by atoms with Gasteiger partial charge in [0.1, 0.15) is 6.61 Å². The molecule has 0 unspecified atom stereocenters. The topological polar surface area (TPSA) is 79.9 Å². The van der Waals surface area contributed by atoms with E-state index >= 15 is 0 Å². The van der Waals surface area contributed by atoms with Gasteiger partial charge in [-0.25, -0.2) is 4.79 Å². The van der Waals surface area contributed by atoms with E-state index in [1.807, 2.05) is 41.3 Å². The first kappa shape index (κ1) is 23.7. The number of carbonyl (C=O) groups is 2. The van der Waals surface area contributed by atoms with Crippen LogP contribution in [-0.4, -0.2) is 61.9 Å². The van der Waals surface area contributed by atoms with Crippen LogP contribution < -0.4 is 10.6 Å². The highest BCUT2D eigenvalue weighted by Gasteiger charge is 2.39. The molecule has 3 aromatic carbocycles. The molecule has 1 aliphatic carbocycles. The predicted octanol–water partition coefficient (Wildman–Crippen LogP) is 4.64. The van der Waals surface area contributed by atoms with E-state index in [0.717, 1.165) is 37.1 Å². The van der Waals surface area contributed by atoms with Gasteiger partial charge in [-0.05, 0) is 60.3 Å². The largest absolute Gasteiger partial charge is 0.448 e. The Morgan fingerprint density at radius 2 is 1.59 bits per heavy atom. The van der Waals surface area contributed by atoms with Gasteiger partial charge in [0.15, 0.2) is 0 Å². The maximum Gasteiger partial charge on any atom is 0.411 e. The van der Waals surface area contributed by atoms with Gasteiger partial charge in [0.2, 0.25) is 0 Å². The van der Waals surface area contributed by atoms with Crippen LogP contribution in [0.5, 0.6) is 0 Å². The molecule has 3 aliphatic rings. The number of ether oxygens (including phenoxy) is 2.